The normalized spacial score (nSPS) is 14.2. The Morgan fingerprint density at radius 1 is 1.27 bits per heavy atom. The number of likely N-dealkylation sites (tertiary alicyclic amines) is 1. The van der Waals surface area contributed by atoms with E-state index in [0.717, 1.165) is 38.2 Å². The van der Waals surface area contributed by atoms with Crippen molar-refractivity contribution in [3.8, 4) is 5.88 Å². The fourth-order valence-corrected chi connectivity index (χ4v) is 3.86. The van der Waals surface area contributed by atoms with E-state index in [2.05, 4.69) is 29.0 Å². The van der Waals surface area contributed by atoms with Gasteiger partial charge in [0.15, 0.2) is 5.78 Å². The number of likely N-dealkylation sites (N-methyl/N-ethyl adjacent to an activating group) is 1. The van der Waals surface area contributed by atoms with E-state index >= 15 is 0 Å². The van der Waals surface area contributed by atoms with Crippen LogP contribution < -0.4 is 16.0 Å². The number of rotatable bonds is 12. The van der Waals surface area contributed by atoms with Gasteiger partial charge in [-0.15, -0.1) is 0 Å². The number of pyridine rings is 1. The molecule has 2 aromatic rings. The molecular weight excluding hydrogens is 424 g/mol. The minimum Gasteiger partial charge on any atom is -0.477 e. The second-order valence-electron chi connectivity index (χ2n) is 8.17. The quantitative estimate of drug-likeness (QED) is 0.283. The van der Waals surface area contributed by atoms with Crippen LogP contribution in [0.25, 0.3) is 0 Å². The summed E-state index contributed by atoms with van der Waals surface area (Å²) in [5.41, 5.74) is 2.58. The first kappa shape index (κ1) is 24.8. The number of carbonyl (C=O) groups excluding carboxylic acids is 2. The summed E-state index contributed by atoms with van der Waals surface area (Å²) in [5, 5.41) is 7.68. The number of nitrogens with zero attached hydrogens (tertiary/aromatic N) is 4. The molecule has 0 saturated carbocycles. The first-order valence-corrected chi connectivity index (χ1v) is 11.5. The highest BCUT2D eigenvalue weighted by Gasteiger charge is 2.32. The molecule has 3 rings (SSSR count). The Morgan fingerprint density at radius 3 is 2.64 bits per heavy atom. The number of hydrogen-bond acceptors (Lipinski definition) is 8. The van der Waals surface area contributed by atoms with Gasteiger partial charge in [0.1, 0.15) is 17.9 Å². The number of hydrogen-bond donors (Lipinski definition) is 2. The molecule has 2 aromatic heterocycles. The summed E-state index contributed by atoms with van der Waals surface area (Å²) in [5.74, 6) is 4.94. The Balaban J connectivity index is 1.93. The molecule has 1 aliphatic rings. The maximum absolute atomic E-state index is 13.4. The molecule has 0 aliphatic carbocycles. The summed E-state index contributed by atoms with van der Waals surface area (Å²) in [6.45, 7) is 10.9. The Kier molecular flexibility index (Phi) is 8.54. The van der Waals surface area contributed by atoms with Gasteiger partial charge in [0.25, 0.3) is 5.91 Å². The van der Waals surface area contributed by atoms with Crippen LogP contribution >= 0.6 is 0 Å². The van der Waals surface area contributed by atoms with Gasteiger partial charge < -0.3 is 10.1 Å². The third-order valence-corrected chi connectivity index (χ3v) is 5.85. The van der Waals surface area contributed by atoms with Gasteiger partial charge in [0.05, 0.1) is 24.0 Å². The maximum Gasteiger partial charge on any atom is 0.261 e. The number of unbranched alkanes of at least 4 members (excludes halogenated alkanes) is 1. The zero-order valence-corrected chi connectivity index (χ0v) is 19.9. The summed E-state index contributed by atoms with van der Waals surface area (Å²) in [7, 11) is 0. The molecule has 180 valence electrons. The summed E-state index contributed by atoms with van der Waals surface area (Å²) in [4.78, 5) is 36.7. The molecule has 0 aromatic carbocycles. The molecule has 33 heavy (non-hydrogen) atoms. The standard InChI is InChI=1S/C23H34N6O4/c1-5-8-9-32-23-18(10-16(11-25-23)15(4)30)22(31)26-21-19(14-33-24)27-29(20(21)6-2)17-12-28(7-3)13-17/h10-11,17H,5-9,12-14,24H2,1-4H3,(H,26,31). The maximum atomic E-state index is 13.4. The number of aromatic nitrogens is 3. The van der Waals surface area contributed by atoms with Crippen LogP contribution in [0, 0.1) is 0 Å². The summed E-state index contributed by atoms with van der Waals surface area (Å²) in [6, 6.07) is 1.75. The lowest BCUT2D eigenvalue weighted by Gasteiger charge is -2.39. The molecule has 10 heteroatoms. The number of anilines is 1. The van der Waals surface area contributed by atoms with Crippen LogP contribution in [-0.4, -0.2) is 57.6 Å². The number of Topliss-reactive ketones (excluding diaryl/α,β-unsaturated/α-hetero) is 1. The van der Waals surface area contributed by atoms with Crippen LogP contribution in [-0.2, 0) is 17.9 Å². The second-order valence-corrected chi connectivity index (χ2v) is 8.17. The third-order valence-electron chi connectivity index (χ3n) is 5.85. The zero-order chi connectivity index (χ0) is 24.0. The van der Waals surface area contributed by atoms with E-state index in [4.69, 9.17) is 20.6 Å². The minimum atomic E-state index is -0.423. The average molecular weight is 459 g/mol. The van der Waals surface area contributed by atoms with E-state index in [0.29, 0.717) is 30.0 Å². The molecule has 0 spiro atoms. The van der Waals surface area contributed by atoms with Crippen LogP contribution in [0.3, 0.4) is 0 Å². The van der Waals surface area contributed by atoms with Crippen LogP contribution in [0.5, 0.6) is 5.88 Å². The Morgan fingerprint density at radius 2 is 2.03 bits per heavy atom. The molecule has 0 unspecified atom stereocenters. The number of nitrogens with two attached hydrogens (primary N) is 1. The molecule has 10 nitrogen and oxygen atoms in total. The SMILES string of the molecule is CCCCOc1ncc(C(C)=O)cc1C(=O)Nc1c(CON)nn(C2CN(CC)C2)c1CC. The van der Waals surface area contributed by atoms with Gasteiger partial charge in [0.2, 0.25) is 5.88 Å². The molecule has 3 N–H and O–H groups in total. The molecule has 1 aliphatic heterocycles. The Labute approximate surface area is 194 Å². The zero-order valence-electron chi connectivity index (χ0n) is 19.9. The Bertz CT molecular complexity index is 984. The van der Waals surface area contributed by atoms with E-state index in [9.17, 15) is 9.59 Å². The highest BCUT2D eigenvalue weighted by Crippen LogP contribution is 2.30. The predicted molar refractivity (Wildman–Crippen MR) is 124 cm³/mol. The number of ketones is 1. The highest BCUT2D eigenvalue weighted by atomic mass is 16.6. The van der Waals surface area contributed by atoms with Crippen molar-refractivity contribution >= 4 is 17.4 Å². The van der Waals surface area contributed by atoms with Gasteiger partial charge >= 0.3 is 0 Å². The van der Waals surface area contributed by atoms with Crippen molar-refractivity contribution in [2.24, 2.45) is 5.90 Å². The van der Waals surface area contributed by atoms with Gasteiger partial charge in [-0.1, -0.05) is 27.2 Å². The van der Waals surface area contributed by atoms with Gasteiger partial charge in [0, 0.05) is 24.8 Å². The molecule has 1 amide bonds. The largest absolute Gasteiger partial charge is 0.477 e. The van der Waals surface area contributed by atoms with Gasteiger partial charge in [-0.05, 0) is 32.4 Å². The molecule has 0 bridgehead atoms. The third kappa shape index (κ3) is 5.58. The van der Waals surface area contributed by atoms with Gasteiger partial charge in [-0.2, -0.15) is 5.10 Å². The smallest absolute Gasteiger partial charge is 0.261 e. The molecule has 1 saturated heterocycles. The average Bonchev–Trinajstić information content (AvgIpc) is 3.10. The van der Waals surface area contributed by atoms with Crippen molar-refractivity contribution in [3.63, 3.8) is 0 Å². The lowest BCUT2D eigenvalue weighted by atomic mass is 10.1. The minimum absolute atomic E-state index is 0.0609. The van der Waals surface area contributed by atoms with Crippen molar-refractivity contribution in [2.45, 2.75) is 59.6 Å². The van der Waals surface area contributed by atoms with Crippen molar-refractivity contribution in [3.05, 3.63) is 34.8 Å². The van der Waals surface area contributed by atoms with Crippen molar-refractivity contribution in [2.75, 3.05) is 31.6 Å². The fraction of sp³-hybridized carbons (Fsp3) is 0.565. The summed E-state index contributed by atoms with van der Waals surface area (Å²) < 4.78 is 7.72. The molecular formula is C23H34N6O4. The van der Waals surface area contributed by atoms with E-state index < -0.39 is 5.91 Å². The lowest BCUT2D eigenvalue weighted by Crippen LogP contribution is -2.48. The Hall–Kier alpha value is -2.82. The van der Waals surface area contributed by atoms with E-state index in [1.165, 1.54) is 19.2 Å². The van der Waals surface area contributed by atoms with E-state index in [1.807, 2.05) is 11.6 Å². The first-order valence-electron chi connectivity index (χ1n) is 11.5. The summed E-state index contributed by atoms with van der Waals surface area (Å²) >= 11 is 0. The number of nitrogens with one attached hydrogen (secondary N) is 1. The molecule has 0 radical (unpaired) electrons. The van der Waals surface area contributed by atoms with Crippen molar-refractivity contribution in [1.29, 1.82) is 0 Å². The molecule has 0 atom stereocenters. The van der Waals surface area contributed by atoms with Crippen LogP contribution in [0.1, 0.15) is 78.7 Å². The summed E-state index contributed by atoms with van der Waals surface area (Å²) in [6.07, 6.45) is 3.88. The highest BCUT2D eigenvalue weighted by molar-refractivity contribution is 6.08. The van der Waals surface area contributed by atoms with Crippen LogP contribution in [0.2, 0.25) is 0 Å². The van der Waals surface area contributed by atoms with E-state index in [1.54, 1.807) is 0 Å². The monoisotopic (exact) mass is 458 g/mol. The number of amides is 1. The second kappa shape index (κ2) is 11.4. The number of carbonyl (C=O) groups is 2. The number of ether oxygens (including phenoxy) is 1. The topological polar surface area (TPSA) is 125 Å². The van der Waals surface area contributed by atoms with Gasteiger partial charge in [-0.25, -0.2) is 10.9 Å². The predicted octanol–water partition coefficient (Wildman–Crippen LogP) is 2.74. The molecule has 3 heterocycles. The first-order chi connectivity index (χ1) is 15.9. The van der Waals surface area contributed by atoms with E-state index in [-0.39, 0.29) is 29.9 Å². The van der Waals surface area contributed by atoms with Crippen LogP contribution in [0.4, 0.5) is 5.69 Å². The fourth-order valence-electron chi connectivity index (χ4n) is 3.86. The van der Waals surface area contributed by atoms with Gasteiger partial charge in [-0.3, -0.25) is 24.0 Å². The molecule has 1 fully saturated rings. The van der Waals surface area contributed by atoms with Crippen molar-refractivity contribution in [1.82, 2.24) is 19.7 Å². The lowest BCUT2D eigenvalue weighted by molar-refractivity contribution is 0.0987. The van der Waals surface area contributed by atoms with Crippen molar-refractivity contribution < 1.29 is 19.2 Å². The van der Waals surface area contributed by atoms with Crippen LogP contribution in [0.15, 0.2) is 12.3 Å².